The summed E-state index contributed by atoms with van der Waals surface area (Å²) in [4.78, 5) is 32.9. The molecule has 172 valence electrons. The molecule has 0 bridgehead atoms. The molecule has 2 N–H and O–H groups in total. The highest BCUT2D eigenvalue weighted by molar-refractivity contribution is 7.89. The predicted molar refractivity (Wildman–Crippen MR) is 123 cm³/mol. The number of aromatic nitrogens is 3. The number of hydrogen-bond acceptors (Lipinski definition) is 5. The van der Waals surface area contributed by atoms with Crippen molar-refractivity contribution in [3.8, 4) is 0 Å². The van der Waals surface area contributed by atoms with Crippen LogP contribution in [0.25, 0.3) is 11.0 Å². The van der Waals surface area contributed by atoms with E-state index in [2.05, 4.69) is 15.3 Å². The first-order valence-electron chi connectivity index (χ1n) is 10.6. The Labute approximate surface area is 187 Å². The zero-order valence-corrected chi connectivity index (χ0v) is 19.5. The molecule has 32 heavy (non-hydrogen) atoms. The summed E-state index contributed by atoms with van der Waals surface area (Å²) >= 11 is 0. The topological polar surface area (TPSA) is 117 Å². The Morgan fingerprint density at radius 3 is 2.47 bits per heavy atom. The number of sulfonamides is 1. The number of fused-ring (bicyclic) bond motifs is 1. The maximum Gasteiger partial charge on any atom is 0.251 e. The van der Waals surface area contributed by atoms with E-state index in [1.807, 2.05) is 38.1 Å². The van der Waals surface area contributed by atoms with Gasteiger partial charge in [-0.25, -0.2) is 13.4 Å². The van der Waals surface area contributed by atoms with Crippen molar-refractivity contribution >= 4 is 27.0 Å². The second kappa shape index (κ2) is 9.66. The molecule has 10 heteroatoms. The fourth-order valence-electron chi connectivity index (χ4n) is 3.54. The third kappa shape index (κ3) is 4.91. The molecule has 0 aliphatic heterocycles. The van der Waals surface area contributed by atoms with Crippen molar-refractivity contribution in [3.63, 3.8) is 0 Å². The van der Waals surface area contributed by atoms with Gasteiger partial charge in [0, 0.05) is 25.4 Å². The zero-order chi connectivity index (χ0) is 23.5. The molecule has 0 unspecified atom stereocenters. The zero-order valence-electron chi connectivity index (χ0n) is 18.7. The number of aromatic amines is 1. The van der Waals surface area contributed by atoms with Crippen molar-refractivity contribution in [3.05, 3.63) is 58.8 Å². The molecule has 0 aliphatic rings. The second-order valence-corrected chi connectivity index (χ2v) is 9.79. The van der Waals surface area contributed by atoms with Crippen LogP contribution >= 0.6 is 0 Å². The average Bonchev–Trinajstić information content (AvgIpc) is 3.17. The van der Waals surface area contributed by atoms with E-state index in [4.69, 9.17) is 0 Å². The van der Waals surface area contributed by atoms with Gasteiger partial charge in [-0.05, 0) is 24.1 Å². The van der Waals surface area contributed by atoms with Gasteiger partial charge in [0.15, 0.2) is 0 Å². The van der Waals surface area contributed by atoms with Gasteiger partial charge < -0.3 is 14.9 Å². The number of carbonyl (C=O) groups is 1. The van der Waals surface area contributed by atoms with Gasteiger partial charge in [-0.3, -0.25) is 9.59 Å². The molecule has 0 saturated carbocycles. The maximum absolute atomic E-state index is 12.8. The van der Waals surface area contributed by atoms with E-state index in [1.165, 1.54) is 22.6 Å². The van der Waals surface area contributed by atoms with E-state index in [-0.39, 0.29) is 17.4 Å². The third-order valence-corrected chi connectivity index (χ3v) is 7.33. The van der Waals surface area contributed by atoms with Gasteiger partial charge >= 0.3 is 0 Å². The first-order chi connectivity index (χ1) is 15.2. The second-order valence-electron chi connectivity index (χ2n) is 7.85. The van der Waals surface area contributed by atoms with Gasteiger partial charge in [0.2, 0.25) is 15.9 Å². The van der Waals surface area contributed by atoms with Gasteiger partial charge in [-0.2, -0.15) is 4.31 Å². The maximum atomic E-state index is 12.8. The molecule has 0 radical (unpaired) electrons. The fourth-order valence-corrected chi connectivity index (χ4v) is 5.02. The quantitative estimate of drug-likeness (QED) is 0.509. The number of benzene rings is 1. The van der Waals surface area contributed by atoms with Crippen LogP contribution in [-0.2, 0) is 21.4 Å². The van der Waals surface area contributed by atoms with Gasteiger partial charge in [0.05, 0.1) is 22.0 Å². The lowest BCUT2D eigenvalue weighted by Crippen LogP contribution is -2.37. The van der Waals surface area contributed by atoms with Gasteiger partial charge in [-0.1, -0.05) is 39.8 Å². The lowest BCUT2D eigenvalue weighted by atomic mass is 10.0. The van der Waals surface area contributed by atoms with Crippen LogP contribution in [-0.4, -0.2) is 46.3 Å². The smallest absolute Gasteiger partial charge is 0.251 e. The summed E-state index contributed by atoms with van der Waals surface area (Å²) in [5, 5.41) is 2.92. The van der Waals surface area contributed by atoms with Gasteiger partial charge in [0.1, 0.15) is 12.4 Å². The Hall–Kier alpha value is -2.98. The fraction of sp³-hybridized carbons (Fsp3) is 0.409. The molecule has 0 saturated heterocycles. The number of nitrogens with zero attached hydrogens (tertiary/aromatic N) is 3. The highest BCUT2D eigenvalue weighted by Gasteiger charge is 2.24. The molecule has 1 aromatic carbocycles. The van der Waals surface area contributed by atoms with Crippen molar-refractivity contribution in [1.29, 1.82) is 0 Å². The largest absolute Gasteiger partial charge is 0.344 e. The first-order valence-corrected chi connectivity index (χ1v) is 12.1. The van der Waals surface area contributed by atoms with Crippen LogP contribution in [0.2, 0.25) is 0 Å². The Bertz CT molecular complexity index is 1230. The van der Waals surface area contributed by atoms with Crippen molar-refractivity contribution in [2.45, 2.75) is 45.2 Å². The van der Waals surface area contributed by atoms with E-state index >= 15 is 0 Å². The summed E-state index contributed by atoms with van der Waals surface area (Å²) in [6.45, 7) is 7.73. The Morgan fingerprint density at radius 2 is 1.84 bits per heavy atom. The van der Waals surface area contributed by atoms with E-state index in [0.717, 1.165) is 15.6 Å². The van der Waals surface area contributed by atoms with Crippen LogP contribution in [0.4, 0.5) is 0 Å². The predicted octanol–water partition coefficient (Wildman–Crippen LogP) is 2.27. The molecule has 2 heterocycles. The minimum atomic E-state index is -3.74. The molecule has 0 spiro atoms. The van der Waals surface area contributed by atoms with Gasteiger partial charge in [-0.15, -0.1) is 0 Å². The van der Waals surface area contributed by atoms with E-state index in [0.29, 0.717) is 18.9 Å². The number of para-hydroxylation sites is 2. The number of carbonyl (C=O) groups excluding carboxylic acids is 1. The summed E-state index contributed by atoms with van der Waals surface area (Å²) in [5.74, 6) is 0.244. The summed E-state index contributed by atoms with van der Waals surface area (Å²) in [6.07, 6.45) is 1.22. The van der Waals surface area contributed by atoms with Crippen molar-refractivity contribution < 1.29 is 13.2 Å². The summed E-state index contributed by atoms with van der Waals surface area (Å²) in [6, 6.07) is 9.63. The summed E-state index contributed by atoms with van der Waals surface area (Å²) < 4.78 is 28.0. The molecule has 3 aromatic rings. The molecule has 1 atom stereocenters. The van der Waals surface area contributed by atoms with E-state index in [9.17, 15) is 18.0 Å². The van der Waals surface area contributed by atoms with Crippen LogP contribution in [0.5, 0.6) is 0 Å². The minimum absolute atomic E-state index is 0.0220. The monoisotopic (exact) mass is 459 g/mol. The number of nitrogens with one attached hydrogen (secondary N) is 2. The SMILES string of the molecule is CCN(CC)S(=O)(=O)c1ccc(=O)n(CC(=O)N[C@H](c2nc3ccccc3[nH]2)C(C)C)c1. The van der Waals surface area contributed by atoms with Crippen molar-refractivity contribution in [1.82, 2.24) is 24.2 Å². The van der Waals surface area contributed by atoms with Crippen LogP contribution in [0.3, 0.4) is 0 Å². The molecule has 0 fully saturated rings. The summed E-state index contributed by atoms with van der Waals surface area (Å²) in [5.41, 5.74) is 1.21. The number of imidazole rings is 1. The number of H-pyrrole nitrogens is 1. The average molecular weight is 460 g/mol. The Balaban J connectivity index is 1.83. The standard InChI is InChI=1S/C22H29N5O4S/c1-5-27(6-2)32(30,31)16-11-12-20(29)26(13-16)14-19(28)25-21(15(3)4)22-23-17-9-7-8-10-18(17)24-22/h7-13,15,21H,5-6,14H2,1-4H3,(H,23,24)(H,25,28)/t21-/m0/s1. The Kier molecular flexibility index (Phi) is 7.15. The van der Waals surface area contributed by atoms with Crippen molar-refractivity contribution in [2.24, 2.45) is 5.92 Å². The highest BCUT2D eigenvalue weighted by atomic mass is 32.2. The van der Waals surface area contributed by atoms with E-state index in [1.54, 1.807) is 13.8 Å². The van der Waals surface area contributed by atoms with Crippen LogP contribution < -0.4 is 10.9 Å². The van der Waals surface area contributed by atoms with Crippen LogP contribution in [0, 0.1) is 5.92 Å². The lowest BCUT2D eigenvalue weighted by Gasteiger charge is -2.21. The van der Waals surface area contributed by atoms with Crippen LogP contribution in [0.1, 0.15) is 39.6 Å². The molecule has 0 aliphatic carbocycles. The highest BCUT2D eigenvalue weighted by Crippen LogP contribution is 2.22. The Morgan fingerprint density at radius 1 is 1.16 bits per heavy atom. The molecule has 3 rings (SSSR count). The number of pyridine rings is 1. The molecule has 2 aromatic heterocycles. The van der Waals surface area contributed by atoms with Crippen molar-refractivity contribution in [2.75, 3.05) is 13.1 Å². The molecule has 9 nitrogen and oxygen atoms in total. The third-order valence-electron chi connectivity index (χ3n) is 5.30. The molecular formula is C22H29N5O4S. The minimum Gasteiger partial charge on any atom is -0.344 e. The van der Waals surface area contributed by atoms with Crippen LogP contribution in [0.15, 0.2) is 52.3 Å². The first kappa shape index (κ1) is 23.7. The van der Waals surface area contributed by atoms with E-state index < -0.39 is 27.5 Å². The molecule has 1 amide bonds. The van der Waals surface area contributed by atoms with Gasteiger partial charge in [0.25, 0.3) is 5.56 Å². The number of rotatable bonds is 9. The molecular weight excluding hydrogens is 430 g/mol. The normalized spacial score (nSPS) is 13.1. The lowest BCUT2D eigenvalue weighted by molar-refractivity contribution is -0.122. The number of amides is 1. The summed E-state index contributed by atoms with van der Waals surface area (Å²) in [7, 11) is -3.74. The number of hydrogen-bond donors (Lipinski definition) is 2.